The van der Waals surface area contributed by atoms with Crippen LogP contribution in [0.1, 0.15) is 16.8 Å². The Labute approximate surface area is 123 Å². The molecule has 2 aromatic rings. The fourth-order valence-corrected chi connectivity index (χ4v) is 3.24. The van der Waals surface area contributed by atoms with E-state index in [2.05, 4.69) is 20.9 Å². The van der Waals surface area contributed by atoms with Crippen LogP contribution < -0.4 is 0 Å². The van der Waals surface area contributed by atoms with Gasteiger partial charge in [-0.3, -0.25) is 0 Å². The maximum absolute atomic E-state index is 13.1. The summed E-state index contributed by atoms with van der Waals surface area (Å²) in [7, 11) is 0. The van der Waals surface area contributed by atoms with Crippen molar-refractivity contribution in [3.8, 4) is 0 Å². The van der Waals surface area contributed by atoms with Gasteiger partial charge in [-0.2, -0.15) is 0 Å². The molecule has 5 heteroatoms. The van der Waals surface area contributed by atoms with Gasteiger partial charge in [-0.15, -0.1) is 11.8 Å². The molecule has 1 aromatic carbocycles. The van der Waals surface area contributed by atoms with Gasteiger partial charge in [-0.1, -0.05) is 0 Å². The van der Waals surface area contributed by atoms with E-state index in [1.54, 1.807) is 0 Å². The number of benzene rings is 1. The highest BCUT2D eigenvalue weighted by atomic mass is 79.9. The van der Waals surface area contributed by atoms with E-state index in [1.165, 1.54) is 23.9 Å². The van der Waals surface area contributed by atoms with Gasteiger partial charge in [0.25, 0.3) is 0 Å². The lowest BCUT2D eigenvalue weighted by molar-refractivity contribution is 0.581. The predicted octanol–water partition coefficient (Wildman–Crippen LogP) is 5.03. The van der Waals surface area contributed by atoms with Crippen LogP contribution in [-0.4, -0.2) is 4.98 Å². The van der Waals surface area contributed by atoms with E-state index in [-0.39, 0.29) is 0 Å². The van der Waals surface area contributed by atoms with Gasteiger partial charge in [-0.25, -0.2) is 13.8 Å². The summed E-state index contributed by atoms with van der Waals surface area (Å²) in [6, 6.07) is 5.55. The third kappa shape index (κ3) is 3.76. The van der Waals surface area contributed by atoms with E-state index >= 15 is 0 Å². The summed E-state index contributed by atoms with van der Waals surface area (Å²) in [4.78, 5) is 4.46. The zero-order valence-electron chi connectivity index (χ0n) is 10.5. The zero-order valence-corrected chi connectivity index (χ0v) is 12.9. The monoisotopic (exact) mass is 343 g/mol. The van der Waals surface area contributed by atoms with E-state index in [1.807, 2.05) is 19.9 Å². The molecule has 0 aliphatic heterocycles. The molecule has 1 aromatic heterocycles. The van der Waals surface area contributed by atoms with Gasteiger partial charge in [-0.05, 0) is 59.1 Å². The second-order valence-corrected chi connectivity index (χ2v) is 6.06. The van der Waals surface area contributed by atoms with Crippen molar-refractivity contribution < 1.29 is 8.78 Å². The van der Waals surface area contributed by atoms with Crippen LogP contribution in [0, 0.1) is 25.5 Å². The summed E-state index contributed by atoms with van der Waals surface area (Å²) in [5.74, 6) is -0.631. The summed E-state index contributed by atoms with van der Waals surface area (Å²) in [5, 5.41) is 0.827. The Morgan fingerprint density at radius 2 is 1.74 bits per heavy atom. The molecule has 1 nitrogen and oxygen atoms in total. The molecule has 0 radical (unpaired) electrons. The van der Waals surface area contributed by atoms with Crippen LogP contribution >= 0.6 is 27.7 Å². The van der Waals surface area contributed by atoms with Crippen LogP contribution in [0.4, 0.5) is 8.78 Å². The summed E-state index contributed by atoms with van der Waals surface area (Å²) >= 11 is 4.90. The van der Waals surface area contributed by atoms with Crippen molar-refractivity contribution in [1.82, 2.24) is 4.98 Å². The van der Waals surface area contributed by atoms with E-state index < -0.39 is 11.6 Å². The van der Waals surface area contributed by atoms with E-state index in [4.69, 9.17) is 0 Å². The SMILES string of the molecule is Cc1cc(Br)c(SCc2cc(F)cc(F)c2)nc1C. The van der Waals surface area contributed by atoms with E-state index in [0.717, 1.165) is 26.8 Å². The lowest BCUT2D eigenvalue weighted by Crippen LogP contribution is -1.92. The fraction of sp³-hybridized carbons (Fsp3) is 0.214. The Balaban J connectivity index is 2.16. The molecule has 0 unspecified atom stereocenters. The quantitative estimate of drug-likeness (QED) is 0.724. The average Bonchev–Trinajstić information content (AvgIpc) is 2.31. The van der Waals surface area contributed by atoms with Gasteiger partial charge in [0.05, 0.1) is 4.47 Å². The molecule has 2 rings (SSSR count). The summed E-state index contributed by atoms with van der Waals surface area (Å²) in [6.45, 7) is 3.93. The van der Waals surface area contributed by atoms with Crippen LogP contribution in [0.25, 0.3) is 0 Å². The highest BCUT2D eigenvalue weighted by molar-refractivity contribution is 9.10. The molecule has 0 saturated heterocycles. The third-order valence-electron chi connectivity index (χ3n) is 2.69. The number of aryl methyl sites for hydroxylation is 2. The van der Waals surface area contributed by atoms with Crippen molar-refractivity contribution in [2.75, 3.05) is 0 Å². The predicted molar refractivity (Wildman–Crippen MR) is 77.3 cm³/mol. The molecule has 0 amide bonds. The first-order valence-corrected chi connectivity index (χ1v) is 7.45. The van der Waals surface area contributed by atoms with Crippen molar-refractivity contribution in [3.05, 3.63) is 57.2 Å². The molecule has 0 fully saturated rings. The first-order valence-electron chi connectivity index (χ1n) is 5.67. The molecule has 0 spiro atoms. The molecule has 0 atom stereocenters. The molecule has 0 aliphatic rings. The number of aromatic nitrogens is 1. The lowest BCUT2D eigenvalue weighted by Gasteiger charge is -2.07. The number of hydrogen-bond acceptors (Lipinski definition) is 2. The highest BCUT2D eigenvalue weighted by Crippen LogP contribution is 2.30. The Morgan fingerprint density at radius 3 is 2.37 bits per heavy atom. The minimum atomic E-state index is -0.553. The number of hydrogen-bond donors (Lipinski definition) is 0. The molecular formula is C14H12BrF2NS. The average molecular weight is 344 g/mol. The largest absolute Gasteiger partial charge is 0.245 e. The Morgan fingerprint density at radius 1 is 1.11 bits per heavy atom. The van der Waals surface area contributed by atoms with Gasteiger partial charge in [0, 0.05) is 17.5 Å². The van der Waals surface area contributed by atoms with Crippen molar-refractivity contribution >= 4 is 27.7 Å². The molecule has 1 heterocycles. The molecule has 0 saturated carbocycles. The normalized spacial score (nSPS) is 10.8. The second-order valence-electron chi connectivity index (χ2n) is 4.24. The maximum atomic E-state index is 13.1. The van der Waals surface area contributed by atoms with Crippen LogP contribution in [0.5, 0.6) is 0 Å². The Bertz CT molecular complexity index is 596. The molecular weight excluding hydrogens is 332 g/mol. The van der Waals surface area contributed by atoms with Crippen LogP contribution in [-0.2, 0) is 5.75 Å². The second kappa shape index (κ2) is 6.01. The number of thioether (sulfide) groups is 1. The standard InChI is InChI=1S/C14H12BrF2NS/c1-8-3-13(15)14(18-9(8)2)19-7-10-4-11(16)6-12(17)5-10/h3-6H,7H2,1-2H3. The van der Waals surface area contributed by atoms with Crippen LogP contribution in [0.2, 0.25) is 0 Å². The molecule has 0 aliphatic carbocycles. The number of halogens is 3. The van der Waals surface area contributed by atoms with Crippen molar-refractivity contribution in [1.29, 1.82) is 0 Å². The van der Waals surface area contributed by atoms with Crippen LogP contribution in [0.3, 0.4) is 0 Å². The topological polar surface area (TPSA) is 12.9 Å². The summed E-state index contributed by atoms with van der Waals surface area (Å²) < 4.78 is 27.1. The zero-order chi connectivity index (χ0) is 14.0. The molecule has 0 bridgehead atoms. The fourth-order valence-electron chi connectivity index (χ4n) is 1.60. The number of rotatable bonds is 3. The van der Waals surface area contributed by atoms with Crippen molar-refractivity contribution in [3.63, 3.8) is 0 Å². The third-order valence-corrected chi connectivity index (χ3v) is 4.61. The van der Waals surface area contributed by atoms with Gasteiger partial charge < -0.3 is 0 Å². The first kappa shape index (κ1) is 14.5. The van der Waals surface area contributed by atoms with Crippen molar-refractivity contribution in [2.45, 2.75) is 24.6 Å². The molecule has 19 heavy (non-hydrogen) atoms. The van der Waals surface area contributed by atoms with Gasteiger partial charge >= 0.3 is 0 Å². The van der Waals surface area contributed by atoms with E-state index in [9.17, 15) is 8.78 Å². The molecule has 100 valence electrons. The van der Waals surface area contributed by atoms with Crippen molar-refractivity contribution in [2.24, 2.45) is 0 Å². The smallest absolute Gasteiger partial charge is 0.126 e. The van der Waals surface area contributed by atoms with Crippen LogP contribution in [0.15, 0.2) is 33.8 Å². The maximum Gasteiger partial charge on any atom is 0.126 e. The molecule has 0 N–H and O–H groups in total. The highest BCUT2D eigenvalue weighted by Gasteiger charge is 2.07. The minimum absolute atomic E-state index is 0.475. The Kier molecular flexibility index (Phi) is 4.58. The summed E-state index contributed by atoms with van der Waals surface area (Å²) in [5.41, 5.74) is 2.67. The number of pyridine rings is 1. The van der Waals surface area contributed by atoms with Gasteiger partial charge in [0.2, 0.25) is 0 Å². The Hall–Kier alpha value is -0.940. The summed E-state index contributed by atoms with van der Waals surface area (Å²) in [6.07, 6.45) is 0. The number of nitrogens with zero attached hydrogens (tertiary/aromatic N) is 1. The lowest BCUT2D eigenvalue weighted by atomic mass is 10.2. The van der Waals surface area contributed by atoms with Gasteiger partial charge in [0.15, 0.2) is 0 Å². The van der Waals surface area contributed by atoms with E-state index in [0.29, 0.717) is 11.3 Å². The van der Waals surface area contributed by atoms with Gasteiger partial charge in [0.1, 0.15) is 16.7 Å². The minimum Gasteiger partial charge on any atom is -0.245 e. The first-order chi connectivity index (χ1) is 8.95.